The average molecular weight is 242 g/mol. The smallest absolute Gasteiger partial charge is 0.321 e. The molecule has 3 N–H and O–H groups in total. The Bertz CT molecular complexity index is 264. The molecule has 0 aromatic carbocycles. The van der Waals surface area contributed by atoms with Gasteiger partial charge in [0.05, 0.1) is 6.54 Å². The molecule has 98 valence electrons. The van der Waals surface area contributed by atoms with Gasteiger partial charge in [-0.25, -0.2) is 4.79 Å². The molecule has 0 spiro atoms. The Labute approximate surface area is 102 Å². The van der Waals surface area contributed by atoms with Crippen LogP contribution in [0, 0.1) is 0 Å². The van der Waals surface area contributed by atoms with Gasteiger partial charge < -0.3 is 10.6 Å². The Morgan fingerprint density at radius 1 is 1.41 bits per heavy atom. The van der Waals surface area contributed by atoms with Gasteiger partial charge in [0.15, 0.2) is 0 Å². The Kier molecular flexibility index (Phi) is 5.93. The second kappa shape index (κ2) is 7.24. The first kappa shape index (κ1) is 13.9. The van der Waals surface area contributed by atoms with Gasteiger partial charge in [0.25, 0.3) is 0 Å². The molecule has 0 saturated carbocycles. The summed E-state index contributed by atoms with van der Waals surface area (Å²) in [4.78, 5) is 24.3. The summed E-state index contributed by atoms with van der Waals surface area (Å²) in [5.41, 5.74) is 0. The molecule has 1 aliphatic heterocycles. The average Bonchev–Trinajstić information content (AvgIpc) is 2.29. The lowest BCUT2D eigenvalue weighted by Crippen LogP contribution is -2.47. The minimum absolute atomic E-state index is 0.242. The molecule has 0 bridgehead atoms. The molecule has 17 heavy (non-hydrogen) atoms. The predicted molar refractivity (Wildman–Crippen MR) is 65.7 cm³/mol. The van der Waals surface area contributed by atoms with Gasteiger partial charge in [-0.2, -0.15) is 0 Å². The van der Waals surface area contributed by atoms with Gasteiger partial charge in [-0.1, -0.05) is 6.42 Å². The number of hydrogen-bond acceptors (Lipinski definition) is 4. The molecular formula is C11H22N4O2. The van der Waals surface area contributed by atoms with E-state index in [9.17, 15) is 9.59 Å². The molecule has 1 saturated heterocycles. The van der Waals surface area contributed by atoms with Crippen molar-refractivity contribution in [2.45, 2.75) is 25.3 Å². The monoisotopic (exact) mass is 242 g/mol. The van der Waals surface area contributed by atoms with E-state index in [0.717, 1.165) is 19.5 Å². The molecule has 1 unspecified atom stereocenters. The van der Waals surface area contributed by atoms with Crippen molar-refractivity contribution in [1.29, 1.82) is 0 Å². The van der Waals surface area contributed by atoms with Crippen molar-refractivity contribution in [1.82, 2.24) is 20.9 Å². The lowest BCUT2D eigenvalue weighted by atomic mass is 10.0. The van der Waals surface area contributed by atoms with E-state index < -0.39 is 6.03 Å². The molecule has 3 amide bonds. The highest BCUT2D eigenvalue weighted by Gasteiger charge is 2.16. The molecule has 1 fully saturated rings. The number of rotatable bonds is 4. The first-order valence-corrected chi connectivity index (χ1v) is 6.05. The second-order valence-electron chi connectivity index (χ2n) is 4.47. The first-order chi connectivity index (χ1) is 8.11. The fourth-order valence-corrected chi connectivity index (χ4v) is 1.99. The molecule has 1 heterocycles. The largest absolute Gasteiger partial charge is 0.341 e. The van der Waals surface area contributed by atoms with Crippen LogP contribution < -0.4 is 16.0 Å². The van der Waals surface area contributed by atoms with Crippen LogP contribution >= 0.6 is 0 Å². The fraction of sp³-hybridized carbons (Fsp3) is 0.818. The summed E-state index contributed by atoms with van der Waals surface area (Å²) in [6.07, 6.45) is 3.63. The molecule has 6 heteroatoms. The number of nitrogens with zero attached hydrogens (tertiary/aromatic N) is 1. The topological polar surface area (TPSA) is 73.5 Å². The number of urea groups is 1. The van der Waals surface area contributed by atoms with Gasteiger partial charge in [-0.05, 0) is 26.4 Å². The third kappa shape index (κ3) is 5.65. The van der Waals surface area contributed by atoms with E-state index in [0.29, 0.717) is 6.04 Å². The number of piperidine rings is 1. The van der Waals surface area contributed by atoms with E-state index >= 15 is 0 Å². The summed E-state index contributed by atoms with van der Waals surface area (Å²) in [5, 5.41) is 8.02. The zero-order valence-electron chi connectivity index (χ0n) is 10.6. The van der Waals surface area contributed by atoms with Gasteiger partial charge in [0.2, 0.25) is 5.91 Å². The minimum Gasteiger partial charge on any atom is -0.341 e. The SMILES string of the molecule is CNC(=O)NC(=O)CN(C)CC1CCCCN1. The van der Waals surface area contributed by atoms with Crippen LogP contribution in [-0.2, 0) is 4.79 Å². The maximum absolute atomic E-state index is 11.4. The quantitative estimate of drug-likeness (QED) is 0.622. The second-order valence-corrected chi connectivity index (χ2v) is 4.47. The Morgan fingerprint density at radius 2 is 2.18 bits per heavy atom. The lowest BCUT2D eigenvalue weighted by Gasteiger charge is -2.27. The molecular weight excluding hydrogens is 220 g/mol. The third-order valence-corrected chi connectivity index (χ3v) is 2.84. The van der Waals surface area contributed by atoms with Gasteiger partial charge in [0.1, 0.15) is 0 Å². The lowest BCUT2D eigenvalue weighted by molar-refractivity contribution is -0.120. The van der Waals surface area contributed by atoms with Crippen molar-refractivity contribution in [2.24, 2.45) is 0 Å². The first-order valence-electron chi connectivity index (χ1n) is 6.05. The molecule has 6 nitrogen and oxygen atoms in total. The van der Waals surface area contributed by atoms with E-state index in [1.165, 1.54) is 19.9 Å². The summed E-state index contributed by atoms with van der Waals surface area (Å²) in [5.74, 6) is -0.275. The third-order valence-electron chi connectivity index (χ3n) is 2.84. The summed E-state index contributed by atoms with van der Waals surface area (Å²) >= 11 is 0. The van der Waals surface area contributed by atoms with E-state index in [2.05, 4.69) is 16.0 Å². The number of carbonyl (C=O) groups excluding carboxylic acids is 2. The van der Waals surface area contributed by atoms with Crippen LogP contribution in [0.3, 0.4) is 0 Å². The van der Waals surface area contributed by atoms with Crippen LogP contribution in [-0.4, -0.2) is 56.6 Å². The van der Waals surface area contributed by atoms with E-state index in [-0.39, 0.29) is 12.5 Å². The molecule has 0 aromatic rings. The summed E-state index contributed by atoms with van der Waals surface area (Å²) in [7, 11) is 3.37. The van der Waals surface area contributed by atoms with Gasteiger partial charge in [-0.3, -0.25) is 15.0 Å². The van der Waals surface area contributed by atoms with Crippen molar-refractivity contribution in [3.8, 4) is 0 Å². The molecule has 1 rings (SSSR count). The summed E-state index contributed by atoms with van der Waals surface area (Å²) < 4.78 is 0. The fourth-order valence-electron chi connectivity index (χ4n) is 1.99. The molecule has 0 radical (unpaired) electrons. The van der Waals surface area contributed by atoms with Gasteiger partial charge in [0, 0.05) is 19.6 Å². The minimum atomic E-state index is -0.459. The van der Waals surface area contributed by atoms with Crippen LogP contribution in [0.1, 0.15) is 19.3 Å². The Hall–Kier alpha value is -1.14. The highest BCUT2D eigenvalue weighted by Crippen LogP contribution is 2.07. The van der Waals surface area contributed by atoms with Crippen LogP contribution in [0.15, 0.2) is 0 Å². The van der Waals surface area contributed by atoms with Crippen LogP contribution in [0.25, 0.3) is 0 Å². The van der Waals surface area contributed by atoms with Crippen molar-refractivity contribution >= 4 is 11.9 Å². The van der Waals surface area contributed by atoms with Gasteiger partial charge in [-0.15, -0.1) is 0 Å². The normalized spacial score (nSPS) is 20.1. The van der Waals surface area contributed by atoms with Crippen LogP contribution in [0.4, 0.5) is 4.79 Å². The number of carbonyl (C=O) groups is 2. The number of imide groups is 1. The van der Waals surface area contributed by atoms with Crippen LogP contribution in [0.5, 0.6) is 0 Å². The molecule has 0 aromatic heterocycles. The maximum Gasteiger partial charge on any atom is 0.321 e. The van der Waals surface area contributed by atoms with E-state index in [1.807, 2.05) is 11.9 Å². The molecule has 1 aliphatic rings. The standard InChI is InChI=1S/C11H22N4O2/c1-12-11(17)14-10(16)8-15(2)7-9-5-3-4-6-13-9/h9,13H,3-8H2,1-2H3,(H2,12,14,16,17). The van der Waals surface area contributed by atoms with E-state index in [1.54, 1.807) is 0 Å². The van der Waals surface area contributed by atoms with Crippen molar-refractivity contribution in [3.63, 3.8) is 0 Å². The Balaban J connectivity index is 2.21. The number of amides is 3. The van der Waals surface area contributed by atoms with Crippen LogP contribution in [0.2, 0.25) is 0 Å². The summed E-state index contributed by atoms with van der Waals surface area (Å²) in [6, 6.07) is 0.000688. The van der Waals surface area contributed by atoms with Crippen molar-refractivity contribution < 1.29 is 9.59 Å². The maximum atomic E-state index is 11.4. The van der Waals surface area contributed by atoms with Crippen molar-refractivity contribution in [3.05, 3.63) is 0 Å². The molecule has 0 aliphatic carbocycles. The number of hydrogen-bond donors (Lipinski definition) is 3. The molecule has 1 atom stereocenters. The summed E-state index contributed by atoms with van der Waals surface area (Å²) in [6.45, 7) is 2.13. The highest BCUT2D eigenvalue weighted by atomic mass is 16.2. The van der Waals surface area contributed by atoms with Gasteiger partial charge >= 0.3 is 6.03 Å². The predicted octanol–water partition coefficient (Wildman–Crippen LogP) is -0.484. The number of nitrogens with one attached hydrogen (secondary N) is 3. The van der Waals surface area contributed by atoms with Crippen molar-refractivity contribution in [2.75, 3.05) is 33.7 Å². The number of likely N-dealkylation sites (N-methyl/N-ethyl adjacent to an activating group) is 1. The van der Waals surface area contributed by atoms with E-state index in [4.69, 9.17) is 0 Å². The zero-order chi connectivity index (χ0) is 12.7. The Morgan fingerprint density at radius 3 is 2.76 bits per heavy atom. The highest BCUT2D eigenvalue weighted by molar-refractivity contribution is 5.95. The zero-order valence-corrected chi connectivity index (χ0v) is 10.6.